The van der Waals surface area contributed by atoms with Crippen LogP contribution in [0.3, 0.4) is 0 Å². The van der Waals surface area contributed by atoms with Crippen LogP contribution in [0.1, 0.15) is 36.4 Å². The molecule has 2 aromatic rings. The maximum atomic E-state index is 12.7. The molecule has 1 aliphatic heterocycles. The molecular formula is C21H21ClN2O5. The molecule has 152 valence electrons. The van der Waals surface area contributed by atoms with Crippen molar-refractivity contribution in [3.05, 3.63) is 58.6 Å². The number of benzene rings is 2. The van der Waals surface area contributed by atoms with Crippen molar-refractivity contribution in [1.82, 2.24) is 5.01 Å². The second-order valence-electron chi connectivity index (χ2n) is 6.52. The van der Waals surface area contributed by atoms with Gasteiger partial charge < -0.3 is 14.6 Å². The number of carboxylic acids is 1. The Morgan fingerprint density at radius 2 is 1.97 bits per heavy atom. The highest BCUT2D eigenvalue weighted by molar-refractivity contribution is 6.30. The van der Waals surface area contributed by atoms with E-state index in [1.165, 1.54) is 5.01 Å². The lowest BCUT2D eigenvalue weighted by molar-refractivity contribution is -0.141. The van der Waals surface area contributed by atoms with Crippen LogP contribution in [0.5, 0.6) is 11.5 Å². The number of hydrogen-bond acceptors (Lipinski definition) is 5. The van der Waals surface area contributed by atoms with Gasteiger partial charge in [-0.15, -0.1) is 0 Å². The van der Waals surface area contributed by atoms with Gasteiger partial charge in [-0.2, -0.15) is 5.10 Å². The average Bonchev–Trinajstić information content (AvgIpc) is 3.16. The number of nitrogens with zero attached hydrogens (tertiary/aromatic N) is 2. The van der Waals surface area contributed by atoms with Crippen molar-refractivity contribution >= 4 is 29.2 Å². The first-order valence-corrected chi connectivity index (χ1v) is 9.40. The van der Waals surface area contributed by atoms with E-state index < -0.39 is 5.97 Å². The van der Waals surface area contributed by atoms with Gasteiger partial charge in [0.25, 0.3) is 0 Å². The van der Waals surface area contributed by atoms with E-state index in [2.05, 4.69) is 5.10 Å². The number of halogens is 1. The minimum Gasteiger partial charge on any atom is -0.497 e. The van der Waals surface area contributed by atoms with E-state index in [4.69, 9.17) is 26.2 Å². The first kappa shape index (κ1) is 20.7. The lowest BCUT2D eigenvalue weighted by Gasteiger charge is -2.22. The Kier molecular flexibility index (Phi) is 6.39. The molecule has 1 unspecified atom stereocenters. The Morgan fingerprint density at radius 1 is 1.17 bits per heavy atom. The molecule has 0 bridgehead atoms. The van der Waals surface area contributed by atoms with E-state index in [0.717, 1.165) is 11.1 Å². The lowest BCUT2D eigenvalue weighted by Crippen LogP contribution is -2.27. The van der Waals surface area contributed by atoms with Crippen molar-refractivity contribution in [3.63, 3.8) is 0 Å². The van der Waals surface area contributed by atoms with Crippen molar-refractivity contribution in [3.8, 4) is 11.5 Å². The van der Waals surface area contributed by atoms with Crippen molar-refractivity contribution in [2.75, 3.05) is 14.2 Å². The monoisotopic (exact) mass is 416 g/mol. The largest absolute Gasteiger partial charge is 0.497 e. The predicted molar refractivity (Wildman–Crippen MR) is 109 cm³/mol. The molecule has 0 spiro atoms. The second-order valence-corrected chi connectivity index (χ2v) is 6.96. The molecule has 0 aromatic heterocycles. The number of rotatable bonds is 7. The summed E-state index contributed by atoms with van der Waals surface area (Å²) in [6.45, 7) is 0. The maximum Gasteiger partial charge on any atom is 0.303 e. The van der Waals surface area contributed by atoms with Gasteiger partial charge in [0.15, 0.2) is 0 Å². The fraction of sp³-hybridized carbons (Fsp3) is 0.286. The van der Waals surface area contributed by atoms with Crippen LogP contribution in [0.2, 0.25) is 5.02 Å². The van der Waals surface area contributed by atoms with Crippen LogP contribution < -0.4 is 9.47 Å². The van der Waals surface area contributed by atoms with Gasteiger partial charge in [0.05, 0.1) is 32.4 Å². The zero-order valence-corrected chi connectivity index (χ0v) is 16.8. The highest BCUT2D eigenvalue weighted by atomic mass is 35.5. The van der Waals surface area contributed by atoms with Gasteiger partial charge in [-0.05, 0) is 29.8 Å². The molecule has 0 radical (unpaired) electrons. The Labute approximate surface area is 173 Å². The van der Waals surface area contributed by atoms with E-state index in [-0.39, 0.29) is 24.8 Å². The summed E-state index contributed by atoms with van der Waals surface area (Å²) >= 11 is 6.14. The summed E-state index contributed by atoms with van der Waals surface area (Å²) in [7, 11) is 3.12. The van der Waals surface area contributed by atoms with Gasteiger partial charge in [0.1, 0.15) is 11.5 Å². The van der Waals surface area contributed by atoms with Crippen LogP contribution in [0.4, 0.5) is 0 Å². The molecule has 0 saturated heterocycles. The van der Waals surface area contributed by atoms with Crippen LogP contribution in [0, 0.1) is 0 Å². The summed E-state index contributed by atoms with van der Waals surface area (Å²) in [6, 6.07) is 12.2. The maximum absolute atomic E-state index is 12.7. The van der Waals surface area contributed by atoms with Crippen molar-refractivity contribution in [2.45, 2.75) is 25.3 Å². The van der Waals surface area contributed by atoms with Gasteiger partial charge >= 0.3 is 5.97 Å². The molecule has 29 heavy (non-hydrogen) atoms. The molecule has 1 N–H and O–H groups in total. The number of carboxylic acid groups (broad SMARTS) is 1. The predicted octanol–water partition coefficient (Wildman–Crippen LogP) is 3.90. The molecule has 1 amide bonds. The molecule has 1 aliphatic rings. The van der Waals surface area contributed by atoms with E-state index in [9.17, 15) is 9.59 Å². The number of hydrogen-bond donors (Lipinski definition) is 1. The summed E-state index contributed by atoms with van der Waals surface area (Å²) in [5.74, 6) is -0.171. The summed E-state index contributed by atoms with van der Waals surface area (Å²) < 4.78 is 10.7. The van der Waals surface area contributed by atoms with E-state index in [1.807, 2.05) is 18.2 Å². The number of aliphatic carboxylic acids is 1. The van der Waals surface area contributed by atoms with Gasteiger partial charge in [0.2, 0.25) is 5.91 Å². The molecule has 1 atom stereocenters. The summed E-state index contributed by atoms with van der Waals surface area (Å²) in [4.78, 5) is 23.6. The van der Waals surface area contributed by atoms with E-state index in [1.54, 1.807) is 38.5 Å². The molecular weight excluding hydrogens is 396 g/mol. The molecule has 8 heteroatoms. The SMILES string of the molecule is COc1ccc(C2=NN(C(=O)CCC(=O)O)C(c3cccc(Cl)c3)C2)c(OC)c1. The van der Waals surface area contributed by atoms with E-state index >= 15 is 0 Å². The molecule has 7 nitrogen and oxygen atoms in total. The normalized spacial score (nSPS) is 15.8. The Balaban J connectivity index is 1.97. The first-order chi connectivity index (χ1) is 13.9. The number of hydrazone groups is 1. The zero-order valence-electron chi connectivity index (χ0n) is 16.1. The third-order valence-electron chi connectivity index (χ3n) is 4.67. The van der Waals surface area contributed by atoms with Crippen LogP contribution in [-0.4, -0.2) is 41.9 Å². The Hall–Kier alpha value is -3.06. The topological polar surface area (TPSA) is 88.4 Å². The summed E-state index contributed by atoms with van der Waals surface area (Å²) in [5, 5.41) is 15.4. The smallest absolute Gasteiger partial charge is 0.303 e. The number of amides is 1. The molecule has 2 aromatic carbocycles. The van der Waals surface area contributed by atoms with Gasteiger partial charge in [-0.25, -0.2) is 5.01 Å². The minimum absolute atomic E-state index is 0.136. The molecule has 0 fully saturated rings. The zero-order chi connectivity index (χ0) is 21.0. The lowest BCUT2D eigenvalue weighted by atomic mass is 9.97. The van der Waals surface area contributed by atoms with Gasteiger partial charge in [-0.3, -0.25) is 9.59 Å². The second kappa shape index (κ2) is 8.96. The third-order valence-corrected chi connectivity index (χ3v) is 4.91. The van der Waals surface area contributed by atoms with Crippen LogP contribution >= 0.6 is 11.6 Å². The highest BCUT2D eigenvalue weighted by Gasteiger charge is 2.34. The van der Waals surface area contributed by atoms with Gasteiger partial charge in [0, 0.05) is 29.5 Å². The molecule has 0 aliphatic carbocycles. The highest BCUT2D eigenvalue weighted by Crippen LogP contribution is 2.37. The number of carbonyl (C=O) groups excluding carboxylic acids is 1. The van der Waals surface area contributed by atoms with Crippen LogP contribution in [-0.2, 0) is 9.59 Å². The van der Waals surface area contributed by atoms with Gasteiger partial charge in [-0.1, -0.05) is 23.7 Å². The quantitative estimate of drug-likeness (QED) is 0.739. The number of carbonyl (C=O) groups is 2. The first-order valence-electron chi connectivity index (χ1n) is 9.02. The Morgan fingerprint density at radius 3 is 2.62 bits per heavy atom. The number of ether oxygens (including phenoxy) is 2. The van der Waals surface area contributed by atoms with Crippen molar-refractivity contribution in [1.29, 1.82) is 0 Å². The summed E-state index contributed by atoms with van der Waals surface area (Å²) in [6.07, 6.45) is 0.0546. The standard InChI is InChI=1S/C21H21ClN2O5/c1-28-15-6-7-16(19(11-15)29-2)17-12-18(13-4-3-5-14(22)10-13)24(23-17)20(25)8-9-21(26)27/h3-7,10-11,18H,8-9,12H2,1-2H3,(H,26,27). The third kappa shape index (κ3) is 4.68. The number of methoxy groups -OCH3 is 2. The minimum atomic E-state index is -1.03. The van der Waals surface area contributed by atoms with Crippen LogP contribution in [0.25, 0.3) is 0 Å². The van der Waals surface area contributed by atoms with Crippen molar-refractivity contribution in [2.24, 2.45) is 5.10 Å². The summed E-state index contributed by atoms with van der Waals surface area (Å²) in [5.41, 5.74) is 2.24. The molecule has 1 heterocycles. The fourth-order valence-corrected chi connectivity index (χ4v) is 3.44. The molecule has 3 rings (SSSR count). The van der Waals surface area contributed by atoms with E-state index in [0.29, 0.717) is 28.7 Å². The van der Waals surface area contributed by atoms with Crippen LogP contribution in [0.15, 0.2) is 47.6 Å². The molecule has 0 saturated carbocycles. The Bertz CT molecular complexity index is 960. The average molecular weight is 417 g/mol. The van der Waals surface area contributed by atoms with Crippen molar-refractivity contribution < 1.29 is 24.2 Å². The fourth-order valence-electron chi connectivity index (χ4n) is 3.24.